The number of hydrazine groups is 1. The lowest BCUT2D eigenvalue weighted by Crippen LogP contribution is -2.34. The van der Waals surface area contributed by atoms with Crippen LogP contribution in [0.2, 0.25) is 0 Å². The zero-order valence-electron chi connectivity index (χ0n) is 6.65. The molecule has 3 nitrogen and oxygen atoms in total. The molecule has 0 radical (unpaired) electrons. The van der Waals surface area contributed by atoms with E-state index in [0.717, 1.165) is 19.4 Å². The number of carbonyl (C=O) groups excluding carboxylic acids is 1. The quantitative estimate of drug-likeness (QED) is 0.535. The fraction of sp³-hybridized carbons (Fsp3) is 0.875. The van der Waals surface area contributed by atoms with E-state index >= 15 is 0 Å². The molecular weight excluding hydrogens is 140 g/mol. The average molecular weight is 154 g/mol. The predicted molar refractivity (Wildman–Crippen MR) is 41.7 cm³/mol. The summed E-state index contributed by atoms with van der Waals surface area (Å²) in [5.41, 5.74) is 5.59. The molecule has 1 spiro atoms. The summed E-state index contributed by atoms with van der Waals surface area (Å²) in [5.74, 6) is 0.220. The summed E-state index contributed by atoms with van der Waals surface area (Å²) in [6, 6.07) is 0. The topological polar surface area (TPSA) is 41.1 Å². The van der Waals surface area contributed by atoms with Gasteiger partial charge in [-0.05, 0) is 12.8 Å². The van der Waals surface area contributed by atoms with E-state index in [1.165, 1.54) is 19.3 Å². The molecule has 62 valence electrons. The molecule has 1 aliphatic heterocycles. The zero-order valence-corrected chi connectivity index (χ0v) is 6.65. The minimum absolute atomic E-state index is 0.0295. The first-order valence-corrected chi connectivity index (χ1v) is 4.37. The Labute approximate surface area is 66.5 Å². The van der Waals surface area contributed by atoms with Gasteiger partial charge in [0.1, 0.15) is 0 Å². The Hall–Kier alpha value is -0.570. The van der Waals surface area contributed by atoms with E-state index in [0.29, 0.717) is 0 Å². The first-order chi connectivity index (χ1) is 5.33. The van der Waals surface area contributed by atoms with Crippen LogP contribution in [-0.4, -0.2) is 12.5 Å². The van der Waals surface area contributed by atoms with Crippen LogP contribution in [0, 0.1) is 5.41 Å². The first kappa shape index (κ1) is 7.10. The molecule has 2 fully saturated rings. The molecule has 1 amide bonds. The highest BCUT2D eigenvalue weighted by Crippen LogP contribution is 2.37. The van der Waals surface area contributed by atoms with Gasteiger partial charge in [0.05, 0.1) is 5.41 Å². The average Bonchev–Trinajstić information content (AvgIpc) is 2.36. The standard InChI is InChI=1S/C8H14N2O/c11-7-8(6-9-10-7)4-2-1-3-5-8/h9H,1-6H2,(H,10,11). The number of hydrogen-bond donors (Lipinski definition) is 2. The van der Waals surface area contributed by atoms with Gasteiger partial charge < -0.3 is 0 Å². The number of amides is 1. The van der Waals surface area contributed by atoms with Crippen LogP contribution in [-0.2, 0) is 4.79 Å². The fourth-order valence-electron chi connectivity index (χ4n) is 2.14. The molecule has 0 aromatic rings. The lowest BCUT2D eigenvalue weighted by atomic mass is 9.74. The Morgan fingerprint density at radius 3 is 2.45 bits per heavy atom. The highest BCUT2D eigenvalue weighted by molar-refractivity contribution is 5.84. The Morgan fingerprint density at radius 2 is 1.91 bits per heavy atom. The van der Waals surface area contributed by atoms with E-state index in [-0.39, 0.29) is 11.3 Å². The van der Waals surface area contributed by atoms with Crippen LogP contribution in [0.15, 0.2) is 0 Å². The lowest BCUT2D eigenvalue weighted by Gasteiger charge is -2.28. The molecule has 0 bridgehead atoms. The number of rotatable bonds is 0. The fourth-order valence-corrected chi connectivity index (χ4v) is 2.14. The number of nitrogens with one attached hydrogen (secondary N) is 2. The molecule has 1 heterocycles. The van der Waals surface area contributed by atoms with E-state index in [2.05, 4.69) is 10.9 Å². The normalized spacial score (nSPS) is 28.9. The Morgan fingerprint density at radius 1 is 1.18 bits per heavy atom. The van der Waals surface area contributed by atoms with Gasteiger partial charge in [0, 0.05) is 6.54 Å². The van der Waals surface area contributed by atoms with Crippen molar-refractivity contribution >= 4 is 5.91 Å². The molecule has 1 saturated carbocycles. The second kappa shape index (κ2) is 2.48. The van der Waals surface area contributed by atoms with Crippen molar-refractivity contribution in [1.82, 2.24) is 10.9 Å². The smallest absolute Gasteiger partial charge is 0.241 e. The predicted octanol–water partition coefficient (Wildman–Crippen LogP) is 0.571. The molecule has 2 rings (SSSR count). The van der Waals surface area contributed by atoms with Crippen LogP contribution in [0.4, 0.5) is 0 Å². The molecule has 2 aliphatic rings. The second-order valence-electron chi connectivity index (χ2n) is 3.65. The van der Waals surface area contributed by atoms with Crippen molar-refractivity contribution in [3.8, 4) is 0 Å². The zero-order chi connectivity index (χ0) is 7.73. The molecule has 0 unspecified atom stereocenters. The van der Waals surface area contributed by atoms with Crippen LogP contribution in [0.5, 0.6) is 0 Å². The van der Waals surface area contributed by atoms with Gasteiger partial charge in [-0.25, -0.2) is 5.43 Å². The van der Waals surface area contributed by atoms with Gasteiger partial charge in [0.2, 0.25) is 5.91 Å². The summed E-state index contributed by atoms with van der Waals surface area (Å²) in [6.07, 6.45) is 5.89. The maximum Gasteiger partial charge on any atom is 0.241 e. The second-order valence-corrected chi connectivity index (χ2v) is 3.65. The minimum atomic E-state index is -0.0295. The van der Waals surface area contributed by atoms with Crippen molar-refractivity contribution in [2.45, 2.75) is 32.1 Å². The lowest BCUT2D eigenvalue weighted by molar-refractivity contribution is -0.128. The molecular formula is C8H14N2O. The molecule has 0 aromatic carbocycles. The van der Waals surface area contributed by atoms with Gasteiger partial charge >= 0.3 is 0 Å². The SMILES string of the molecule is O=C1NNCC12CCCCC2. The maximum absolute atomic E-state index is 11.4. The summed E-state index contributed by atoms with van der Waals surface area (Å²) in [6.45, 7) is 0.839. The van der Waals surface area contributed by atoms with Crippen molar-refractivity contribution in [1.29, 1.82) is 0 Å². The van der Waals surface area contributed by atoms with Crippen LogP contribution >= 0.6 is 0 Å². The molecule has 1 saturated heterocycles. The van der Waals surface area contributed by atoms with E-state index in [4.69, 9.17) is 0 Å². The van der Waals surface area contributed by atoms with Gasteiger partial charge in [0.15, 0.2) is 0 Å². The van der Waals surface area contributed by atoms with E-state index in [1.54, 1.807) is 0 Å². The van der Waals surface area contributed by atoms with Crippen molar-refractivity contribution in [2.75, 3.05) is 6.54 Å². The monoisotopic (exact) mass is 154 g/mol. The van der Waals surface area contributed by atoms with Crippen molar-refractivity contribution < 1.29 is 4.79 Å². The van der Waals surface area contributed by atoms with Gasteiger partial charge in [-0.2, -0.15) is 0 Å². The van der Waals surface area contributed by atoms with E-state index in [1.807, 2.05) is 0 Å². The third-order valence-electron chi connectivity index (χ3n) is 2.92. The van der Waals surface area contributed by atoms with Crippen molar-refractivity contribution in [3.63, 3.8) is 0 Å². The van der Waals surface area contributed by atoms with Gasteiger partial charge in [0.25, 0.3) is 0 Å². The summed E-state index contributed by atoms with van der Waals surface area (Å²) >= 11 is 0. The third-order valence-corrected chi connectivity index (χ3v) is 2.92. The van der Waals surface area contributed by atoms with Gasteiger partial charge in [-0.15, -0.1) is 0 Å². The van der Waals surface area contributed by atoms with Crippen LogP contribution in [0.3, 0.4) is 0 Å². The van der Waals surface area contributed by atoms with Gasteiger partial charge in [-0.1, -0.05) is 19.3 Å². The molecule has 2 N–H and O–H groups in total. The van der Waals surface area contributed by atoms with Crippen LogP contribution in [0.25, 0.3) is 0 Å². The highest BCUT2D eigenvalue weighted by atomic mass is 16.2. The first-order valence-electron chi connectivity index (χ1n) is 4.37. The molecule has 11 heavy (non-hydrogen) atoms. The number of carbonyl (C=O) groups is 1. The summed E-state index contributed by atoms with van der Waals surface area (Å²) < 4.78 is 0. The highest BCUT2D eigenvalue weighted by Gasteiger charge is 2.42. The molecule has 0 atom stereocenters. The number of hydrogen-bond acceptors (Lipinski definition) is 2. The summed E-state index contributed by atoms with van der Waals surface area (Å²) in [7, 11) is 0. The third kappa shape index (κ3) is 1.03. The largest absolute Gasteiger partial charge is 0.291 e. The Balaban J connectivity index is 2.12. The van der Waals surface area contributed by atoms with Gasteiger partial charge in [-0.3, -0.25) is 10.2 Å². The maximum atomic E-state index is 11.4. The van der Waals surface area contributed by atoms with Crippen LogP contribution < -0.4 is 10.9 Å². The Kier molecular flexibility index (Phi) is 1.60. The molecule has 1 aliphatic carbocycles. The summed E-state index contributed by atoms with van der Waals surface area (Å²) in [4.78, 5) is 11.4. The van der Waals surface area contributed by atoms with Crippen LogP contribution in [0.1, 0.15) is 32.1 Å². The van der Waals surface area contributed by atoms with E-state index < -0.39 is 0 Å². The van der Waals surface area contributed by atoms with Crippen molar-refractivity contribution in [3.05, 3.63) is 0 Å². The van der Waals surface area contributed by atoms with Crippen molar-refractivity contribution in [2.24, 2.45) is 5.41 Å². The Bertz CT molecular complexity index is 173. The minimum Gasteiger partial charge on any atom is -0.291 e. The van der Waals surface area contributed by atoms with E-state index in [9.17, 15) is 4.79 Å². The summed E-state index contributed by atoms with van der Waals surface area (Å²) in [5, 5.41) is 0. The molecule has 0 aromatic heterocycles. The molecule has 3 heteroatoms.